The zero-order valence-corrected chi connectivity index (χ0v) is 18.3. The molecule has 1 N–H and O–H groups in total. The standard InChI is InChI=1S/C21H19FN6OS2/c1-13-11-18(28(26-13)16-6-4-14(22)5-7-16)23-19(29)12-31-21-25-24-20(17-3-2-10-30-17)27(21)15-8-9-15/h2-7,10-11,15H,8-9,12H2,1H3,(H,23,29). The third kappa shape index (κ3) is 4.26. The monoisotopic (exact) mass is 454 g/mol. The van der Waals surface area contributed by atoms with Crippen LogP contribution in [0.25, 0.3) is 16.4 Å². The molecular formula is C21H19FN6OS2. The van der Waals surface area contributed by atoms with Crippen LogP contribution in [0.4, 0.5) is 10.2 Å². The Morgan fingerprint density at radius 2 is 2.06 bits per heavy atom. The molecule has 0 aliphatic heterocycles. The van der Waals surface area contributed by atoms with Crippen LogP contribution in [0, 0.1) is 12.7 Å². The van der Waals surface area contributed by atoms with Crippen molar-refractivity contribution in [3.63, 3.8) is 0 Å². The van der Waals surface area contributed by atoms with E-state index in [0.717, 1.165) is 34.4 Å². The normalized spacial score (nSPS) is 13.5. The summed E-state index contributed by atoms with van der Waals surface area (Å²) in [6, 6.07) is 12.2. The topological polar surface area (TPSA) is 77.6 Å². The molecule has 0 atom stereocenters. The number of nitrogens with one attached hydrogen (secondary N) is 1. The quantitative estimate of drug-likeness (QED) is 0.410. The van der Waals surface area contributed by atoms with Gasteiger partial charge in [0.05, 0.1) is 22.0 Å². The van der Waals surface area contributed by atoms with Gasteiger partial charge in [-0.3, -0.25) is 9.36 Å². The fourth-order valence-electron chi connectivity index (χ4n) is 3.29. The predicted molar refractivity (Wildman–Crippen MR) is 119 cm³/mol. The molecule has 0 radical (unpaired) electrons. The summed E-state index contributed by atoms with van der Waals surface area (Å²) < 4.78 is 17.0. The highest BCUT2D eigenvalue weighted by Gasteiger charge is 2.30. The molecule has 158 valence electrons. The number of hydrogen-bond acceptors (Lipinski definition) is 6. The molecule has 4 aromatic rings. The van der Waals surface area contributed by atoms with E-state index < -0.39 is 0 Å². The van der Waals surface area contributed by atoms with Gasteiger partial charge in [-0.25, -0.2) is 9.07 Å². The van der Waals surface area contributed by atoms with Crippen molar-refractivity contribution in [1.29, 1.82) is 0 Å². The minimum absolute atomic E-state index is 0.170. The number of benzene rings is 1. The summed E-state index contributed by atoms with van der Waals surface area (Å²) in [6.07, 6.45) is 2.21. The Bertz CT molecular complexity index is 1210. The number of hydrogen-bond donors (Lipinski definition) is 1. The molecule has 1 fully saturated rings. The first-order valence-corrected chi connectivity index (χ1v) is 11.7. The Hall–Kier alpha value is -2.98. The van der Waals surface area contributed by atoms with Crippen LogP contribution in [-0.4, -0.2) is 36.2 Å². The van der Waals surface area contributed by atoms with Crippen molar-refractivity contribution in [3.8, 4) is 16.4 Å². The third-order valence-corrected chi connectivity index (χ3v) is 6.63. The fraction of sp³-hybridized carbons (Fsp3) is 0.238. The number of halogens is 1. The molecule has 1 aliphatic rings. The highest BCUT2D eigenvalue weighted by atomic mass is 32.2. The van der Waals surface area contributed by atoms with Crippen LogP contribution < -0.4 is 5.32 Å². The maximum atomic E-state index is 13.3. The van der Waals surface area contributed by atoms with E-state index in [2.05, 4.69) is 25.2 Å². The smallest absolute Gasteiger partial charge is 0.236 e. The Morgan fingerprint density at radius 3 is 2.77 bits per heavy atom. The van der Waals surface area contributed by atoms with Crippen LogP contribution in [-0.2, 0) is 4.79 Å². The fourth-order valence-corrected chi connectivity index (χ4v) is 4.80. The molecule has 0 spiro atoms. The van der Waals surface area contributed by atoms with Crippen molar-refractivity contribution in [1.82, 2.24) is 24.5 Å². The minimum atomic E-state index is -0.323. The summed E-state index contributed by atoms with van der Waals surface area (Å²) in [5, 5.41) is 18.8. The minimum Gasteiger partial charge on any atom is -0.310 e. The van der Waals surface area contributed by atoms with E-state index in [4.69, 9.17) is 0 Å². The van der Waals surface area contributed by atoms with Crippen LogP contribution in [0.3, 0.4) is 0 Å². The molecule has 7 nitrogen and oxygen atoms in total. The Labute approximate surface area is 186 Å². The maximum absolute atomic E-state index is 13.3. The number of amides is 1. The Balaban J connectivity index is 1.30. The number of rotatable bonds is 7. The molecule has 3 aromatic heterocycles. The molecule has 0 bridgehead atoms. The average molecular weight is 455 g/mol. The van der Waals surface area contributed by atoms with Gasteiger partial charge in [-0.05, 0) is 55.5 Å². The van der Waals surface area contributed by atoms with Crippen LogP contribution in [0.15, 0.2) is 53.0 Å². The van der Waals surface area contributed by atoms with Crippen LogP contribution in [0.2, 0.25) is 0 Å². The van der Waals surface area contributed by atoms with Gasteiger partial charge in [0.15, 0.2) is 11.0 Å². The van der Waals surface area contributed by atoms with Gasteiger partial charge in [-0.2, -0.15) is 5.10 Å². The lowest BCUT2D eigenvalue weighted by Crippen LogP contribution is -2.17. The van der Waals surface area contributed by atoms with Gasteiger partial charge in [-0.15, -0.1) is 21.5 Å². The molecule has 1 saturated carbocycles. The number of thiophene rings is 1. The predicted octanol–water partition coefficient (Wildman–Crippen LogP) is 4.71. The van der Waals surface area contributed by atoms with Crippen LogP contribution in [0.5, 0.6) is 0 Å². The number of thioether (sulfide) groups is 1. The largest absolute Gasteiger partial charge is 0.310 e. The molecule has 10 heteroatoms. The van der Waals surface area contributed by atoms with Gasteiger partial charge < -0.3 is 5.32 Å². The molecule has 0 saturated heterocycles. The number of carbonyl (C=O) groups is 1. The van der Waals surface area contributed by atoms with Gasteiger partial charge in [0.1, 0.15) is 11.6 Å². The van der Waals surface area contributed by atoms with E-state index >= 15 is 0 Å². The summed E-state index contributed by atoms with van der Waals surface area (Å²) in [5.41, 5.74) is 1.42. The number of carbonyl (C=O) groups excluding carboxylic acids is 1. The van der Waals surface area contributed by atoms with Gasteiger partial charge in [0, 0.05) is 12.1 Å². The first kappa shape index (κ1) is 20.0. The molecular weight excluding hydrogens is 435 g/mol. The Morgan fingerprint density at radius 1 is 1.26 bits per heavy atom. The summed E-state index contributed by atoms with van der Waals surface area (Å²) >= 11 is 3.01. The lowest BCUT2D eigenvalue weighted by Gasteiger charge is -2.10. The molecule has 1 aromatic carbocycles. The Kier molecular flexibility index (Phi) is 5.33. The first-order valence-electron chi connectivity index (χ1n) is 9.82. The van der Waals surface area contributed by atoms with Crippen molar-refractivity contribution in [2.45, 2.75) is 31.0 Å². The molecule has 31 heavy (non-hydrogen) atoms. The van der Waals surface area contributed by atoms with Crippen LogP contribution >= 0.6 is 23.1 Å². The zero-order chi connectivity index (χ0) is 21.4. The van der Waals surface area contributed by atoms with Gasteiger partial charge in [0.2, 0.25) is 5.91 Å². The van der Waals surface area contributed by atoms with Gasteiger partial charge in [0.25, 0.3) is 0 Å². The molecule has 1 amide bonds. The van der Waals surface area contributed by atoms with E-state index in [-0.39, 0.29) is 17.5 Å². The van der Waals surface area contributed by atoms with Crippen molar-refractivity contribution in [3.05, 3.63) is 59.4 Å². The van der Waals surface area contributed by atoms with Crippen molar-refractivity contribution in [2.75, 3.05) is 11.1 Å². The average Bonchev–Trinajstić information content (AvgIpc) is 3.14. The summed E-state index contributed by atoms with van der Waals surface area (Å²) in [4.78, 5) is 13.8. The summed E-state index contributed by atoms with van der Waals surface area (Å²) in [5.74, 6) is 1.11. The lowest BCUT2D eigenvalue weighted by molar-refractivity contribution is -0.113. The summed E-state index contributed by atoms with van der Waals surface area (Å²) in [7, 11) is 0. The highest BCUT2D eigenvalue weighted by molar-refractivity contribution is 7.99. The van der Waals surface area contributed by atoms with Gasteiger partial charge >= 0.3 is 0 Å². The lowest BCUT2D eigenvalue weighted by atomic mass is 10.3. The molecule has 0 unspecified atom stereocenters. The second-order valence-electron chi connectivity index (χ2n) is 7.28. The number of nitrogens with zero attached hydrogens (tertiary/aromatic N) is 5. The van der Waals surface area contributed by atoms with E-state index in [1.807, 2.05) is 24.4 Å². The molecule has 1 aliphatic carbocycles. The highest BCUT2D eigenvalue weighted by Crippen LogP contribution is 2.41. The van der Waals surface area contributed by atoms with E-state index in [9.17, 15) is 9.18 Å². The zero-order valence-electron chi connectivity index (χ0n) is 16.7. The van der Waals surface area contributed by atoms with Gasteiger partial charge in [-0.1, -0.05) is 17.8 Å². The summed E-state index contributed by atoms with van der Waals surface area (Å²) in [6.45, 7) is 1.84. The first-order chi connectivity index (χ1) is 15.1. The maximum Gasteiger partial charge on any atom is 0.236 e. The number of aryl methyl sites for hydroxylation is 1. The number of anilines is 1. The van der Waals surface area contributed by atoms with Crippen LogP contribution in [0.1, 0.15) is 24.6 Å². The van der Waals surface area contributed by atoms with E-state index in [1.165, 1.54) is 23.9 Å². The van der Waals surface area contributed by atoms with Crippen molar-refractivity contribution < 1.29 is 9.18 Å². The van der Waals surface area contributed by atoms with Crippen molar-refractivity contribution >= 4 is 34.8 Å². The second-order valence-corrected chi connectivity index (χ2v) is 9.17. The third-order valence-electron chi connectivity index (χ3n) is 4.82. The molecule has 3 heterocycles. The SMILES string of the molecule is Cc1cc(NC(=O)CSc2nnc(-c3cccs3)n2C2CC2)n(-c2ccc(F)cc2)n1. The number of aromatic nitrogens is 5. The van der Waals surface area contributed by atoms with E-state index in [0.29, 0.717) is 17.5 Å². The second kappa shape index (κ2) is 8.27. The van der Waals surface area contributed by atoms with Crippen molar-refractivity contribution in [2.24, 2.45) is 0 Å². The van der Waals surface area contributed by atoms with E-state index in [1.54, 1.807) is 34.2 Å². The molecule has 5 rings (SSSR count).